The quantitative estimate of drug-likeness (QED) is 0.509. The van der Waals surface area contributed by atoms with Gasteiger partial charge in [-0.3, -0.25) is 0 Å². The zero-order chi connectivity index (χ0) is 17.9. The molecular formula is C23H22N2O. The van der Waals surface area contributed by atoms with Gasteiger partial charge in [0.25, 0.3) is 0 Å². The smallest absolute Gasteiger partial charge is 0.226 e. The summed E-state index contributed by atoms with van der Waals surface area (Å²) < 4.78 is 5.76. The van der Waals surface area contributed by atoms with Crippen molar-refractivity contribution in [3.63, 3.8) is 0 Å². The number of nitrogens with one attached hydrogen (secondary N) is 1. The summed E-state index contributed by atoms with van der Waals surface area (Å²) in [5, 5.41) is 5.86. The van der Waals surface area contributed by atoms with E-state index in [4.69, 9.17) is 4.42 Å². The first-order chi connectivity index (χ1) is 12.7. The normalized spacial score (nSPS) is 12.4. The molecule has 1 N–H and O–H groups in total. The highest BCUT2D eigenvalue weighted by molar-refractivity contribution is 5.94. The molecule has 3 heteroatoms. The number of rotatable bonds is 5. The van der Waals surface area contributed by atoms with E-state index in [1.54, 1.807) is 6.26 Å². The number of hydrogen-bond acceptors (Lipinski definition) is 3. The molecule has 0 aliphatic rings. The van der Waals surface area contributed by atoms with E-state index in [9.17, 15) is 0 Å². The van der Waals surface area contributed by atoms with E-state index in [2.05, 4.69) is 72.7 Å². The molecule has 0 fully saturated rings. The molecule has 4 rings (SSSR count). The predicted molar refractivity (Wildman–Crippen MR) is 106 cm³/mol. The lowest BCUT2D eigenvalue weighted by Crippen LogP contribution is -2.18. The van der Waals surface area contributed by atoms with Gasteiger partial charge >= 0.3 is 0 Å². The van der Waals surface area contributed by atoms with Crippen molar-refractivity contribution in [1.29, 1.82) is 0 Å². The molecular weight excluding hydrogens is 320 g/mol. The second-order valence-corrected chi connectivity index (χ2v) is 6.68. The van der Waals surface area contributed by atoms with Crippen molar-refractivity contribution in [3.8, 4) is 11.5 Å². The van der Waals surface area contributed by atoms with Crippen molar-refractivity contribution in [2.24, 2.45) is 0 Å². The van der Waals surface area contributed by atoms with Crippen LogP contribution in [0.15, 0.2) is 77.4 Å². The first-order valence-electron chi connectivity index (χ1n) is 8.93. The van der Waals surface area contributed by atoms with E-state index in [0.29, 0.717) is 12.4 Å². The van der Waals surface area contributed by atoms with E-state index in [-0.39, 0.29) is 6.04 Å². The van der Waals surface area contributed by atoms with Crippen molar-refractivity contribution in [3.05, 3.63) is 89.8 Å². The standard InChI is InChI=1S/C23H22N2O/c1-16-10-12-18(13-11-16)17(2)24-14-20-15-26-23(25-20)22-9-5-7-19-6-3-4-8-21(19)22/h3-13,15,17,24H,14H2,1-2H3. The summed E-state index contributed by atoms with van der Waals surface area (Å²) in [6.45, 7) is 4.94. The predicted octanol–water partition coefficient (Wildman–Crippen LogP) is 5.65. The summed E-state index contributed by atoms with van der Waals surface area (Å²) in [5.74, 6) is 0.668. The Bertz CT molecular complexity index is 1010. The van der Waals surface area contributed by atoms with E-state index in [1.807, 2.05) is 18.2 Å². The van der Waals surface area contributed by atoms with Gasteiger partial charge in [-0.05, 0) is 36.2 Å². The van der Waals surface area contributed by atoms with Crippen LogP contribution in [0, 0.1) is 6.92 Å². The van der Waals surface area contributed by atoms with Crippen LogP contribution in [-0.4, -0.2) is 4.98 Å². The van der Waals surface area contributed by atoms with Crippen molar-refractivity contribution in [2.75, 3.05) is 0 Å². The third-order valence-corrected chi connectivity index (χ3v) is 4.74. The maximum atomic E-state index is 5.76. The van der Waals surface area contributed by atoms with Crippen LogP contribution in [0.2, 0.25) is 0 Å². The Labute approximate surface area is 153 Å². The monoisotopic (exact) mass is 342 g/mol. The number of oxazole rings is 1. The summed E-state index contributed by atoms with van der Waals surface area (Å²) in [4.78, 5) is 4.68. The molecule has 1 atom stereocenters. The van der Waals surface area contributed by atoms with E-state index in [0.717, 1.165) is 16.6 Å². The van der Waals surface area contributed by atoms with Gasteiger partial charge in [-0.25, -0.2) is 4.98 Å². The molecule has 130 valence electrons. The minimum Gasteiger partial charge on any atom is -0.444 e. The first-order valence-corrected chi connectivity index (χ1v) is 8.93. The van der Waals surface area contributed by atoms with E-state index in [1.165, 1.54) is 16.5 Å². The zero-order valence-electron chi connectivity index (χ0n) is 15.1. The molecule has 0 aliphatic carbocycles. The maximum absolute atomic E-state index is 5.76. The molecule has 0 spiro atoms. The molecule has 1 heterocycles. The molecule has 1 aromatic heterocycles. The van der Waals surface area contributed by atoms with Crippen molar-refractivity contribution in [1.82, 2.24) is 10.3 Å². The van der Waals surface area contributed by atoms with Gasteiger partial charge in [0, 0.05) is 18.2 Å². The van der Waals surface area contributed by atoms with Crippen molar-refractivity contribution in [2.45, 2.75) is 26.4 Å². The Balaban J connectivity index is 1.50. The summed E-state index contributed by atoms with van der Waals surface area (Å²) in [6.07, 6.45) is 1.74. The van der Waals surface area contributed by atoms with Crippen LogP contribution in [-0.2, 0) is 6.54 Å². The number of fused-ring (bicyclic) bond motifs is 1. The van der Waals surface area contributed by atoms with Gasteiger partial charge in [-0.15, -0.1) is 0 Å². The van der Waals surface area contributed by atoms with Gasteiger partial charge in [0.1, 0.15) is 6.26 Å². The van der Waals surface area contributed by atoms with Crippen LogP contribution in [0.1, 0.15) is 29.8 Å². The maximum Gasteiger partial charge on any atom is 0.226 e. The Morgan fingerprint density at radius 1 is 0.962 bits per heavy atom. The molecule has 26 heavy (non-hydrogen) atoms. The fourth-order valence-corrected chi connectivity index (χ4v) is 3.15. The summed E-state index contributed by atoms with van der Waals surface area (Å²) >= 11 is 0. The minimum atomic E-state index is 0.258. The van der Waals surface area contributed by atoms with E-state index >= 15 is 0 Å². The van der Waals surface area contributed by atoms with Gasteiger partial charge in [-0.1, -0.05) is 66.2 Å². The molecule has 0 saturated carbocycles. The Hall–Kier alpha value is -2.91. The van der Waals surface area contributed by atoms with Gasteiger partial charge < -0.3 is 9.73 Å². The third-order valence-electron chi connectivity index (χ3n) is 4.74. The van der Waals surface area contributed by atoms with Crippen molar-refractivity contribution >= 4 is 10.8 Å². The van der Waals surface area contributed by atoms with E-state index < -0.39 is 0 Å². The average Bonchev–Trinajstić information content (AvgIpc) is 3.15. The molecule has 0 amide bonds. The van der Waals surface area contributed by atoms with Crippen LogP contribution in [0.5, 0.6) is 0 Å². The molecule has 0 aliphatic heterocycles. The Kier molecular flexibility index (Phi) is 4.55. The molecule has 0 bridgehead atoms. The molecule has 3 nitrogen and oxygen atoms in total. The summed E-state index contributed by atoms with van der Waals surface area (Å²) in [5.41, 5.74) is 4.48. The Morgan fingerprint density at radius 3 is 2.58 bits per heavy atom. The largest absolute Gasteiger partial charge is 0.444 e. The first kappa shape index (κ1) is 16.6. The highest BCUT2D eigenvalue weighted by Crippen LogP contribution is 2.28. The lowest BCUT2D eigenvalue weighted by molar-refractivity contribution is 0.554. The SMILES string of the molecule is Cc1ccc(C(C)NCc2coc(-c3cccc4ccccc34)n2)cc1. The molecule has 0 saturated heterocycles. The topological polar surface area (TPSA) is 38.1 Å². The number of nitrogens with zero attached hydrogens (tertiary/aromatic N) is 1. The molecule has 4 aromatic rings. The van der Waals surface area contributed by atoms with Gasteiger partial charge in [0.05, 0.1) is 5.69 Å². The summed E-state index contributed by atoms with van der Waals surface area (Å²) in [6, 6.07) is 23.4. The lowest BCUT2D eigenvalue weighted by atomic mass is 10.0. The molecule has 0 radical (unpaired) electrons. The van der Waals surface area contributed by atoms with Gasteiger partial charge in [0.15, 0.2) is 0 Å². The fourth-order valence-electron chi connectivity index (χ4n) is 3.15. The fraction of sp³-hybridized carbons (Fsp3) is 0.174. The molecule has 3 aromatic carbocycles. The third kappa shape index (κ3) is 3.39. The number of aryl methyl sites for hydroxylation is 1. The van der Waals surface area contributed by atoms with Gasteiger partial charge in [0.2, 0.25) is 5.89 Å². The zero-order valence-corrected chi connectivity index (χ0v) is 15.1. The summed E-state index contributed by atoms with van der Waals surface area (Å²) in [7, 11) is 0. The highest BCUT2D eigenvalue weighted by atomic mass is 16.3. The Morgan fingerprint density at radius 2 is 1.73 bits per heavy atom. The van der Waals surface area contributed by atoms with Crippen LogP contribution in [0.25, 0.3) is 22.2 Å². The average molecular weight is 342 g/mol. The number of benzene rings is 3. The minimum absolute atomic E-state index is 0.258. The second-order valence-electron chi connectivity index (χ2n) is 6.68. The number of aromatic nitrogens is 1. The molecule has 1 unspecified atom stereocenters. The highest BCUT2D eigenvalue weighted by Gasteiger charge is 2.11. The van der Waals surface area contributed by atoms with Crippen LogP contribution >= 0.6 is 0 Å². The second kappa shape index (κ2) is 7.14. The van der Waals surface area contributed by atoms with Crippen LogP contribution in [0.3, 0.4) is 0 Å². The number of hydrogen-bond donors (Lipinski definition) is 1. The van der Waals surface area contributed by atoms with Crippen molar-refractivity contribution < 1.29 is 4.42 Å². The lowest BCUT2D eigenvalue weighted by Gasteiger charge is -2.13. The van der Waals surface area contributed by atoms with Crippen LogP contribution in [0.4, 0.5) is 0 Å². The van der Waals surface area contributed by atoms with Gasteiger partial charge in [-0.2, -0.15) is 0 Å². The van der Waals surface area contributed by atoms with Crippen LogP contribution < -0.4 is 5.32 Å².